The minimum atomic E-state index is -0.0232. The lowest BCUT2D eigenvalue weighted by molar-refractivity contribution is -0.127. The summed E-state index contributed by atoms with van der Waals surface area (Å²) in [6.45, 7) is 4.98. The third-order valence-electron chi connectivity index (χ3n) is 7.05. The van der Waals surface area contributed by atoms with Crippen LogP contribution >= 0.6 is 11.6 Å². The number of likely N-dealkylation sites (tertiary alicyclic amines) is 1. The normalized spacial score (nSPS) is 13.9. The van der Waals surface area contributed by atoms with Gasteiger partial charge in [0.05, 0.1) is 16.1 Å². The van der Waals surface area contributed by atoms with Crippen molar-refractivity contribution in [3.63, 3.8) is 0 Å². The molecule has 0 aliphatic carbocycles. The van der Waals surface area contributed by atoms with Crippen molar-refractivity contribution < 1.29 is 9.53 Å². The highest BCUT2D eigenvalue weighted by Crippen LogP contribution is 2.38. The Kier molecular flexibility index (Phi) is 6.91. The summed E-state index contributed by atoms with van der Waals surface area (Å²) in [5, 5.41) is 9.18. The molecular formula is C29H27ClN8O2. The van der Waals surface area contributed by atoms with E-state index in [4.69, 9.17) is 16.3 Å². The zero-order valence-electron chi connectivity index (χ0n) is 21.8. The SMILES string of the molecule is C=CC(=O)N1CCC(c2c[nH]c3ncnc(Nc4ccc(Oc5ccnc(-c6ccn(C)n6)c5)c(Cl)c4)c23)CC1. The molecular weight excluding hydrogens is 528 g/mol. The maximum atomic E-state index is 12.0. The highest BCUT2D eigenvalue weighted by molar-refractivity contribution is 6.32. The van der Waals surface area contributed by atoms with Crippen LogP contribution in [0.3, 0.4) is 0 Å². The number of hydrogen-bond acceptors (Lipinski definition) is 7. The zero-order valence-corrected chi connectivity index (χ0v) is 22.6. The monoisotopic (exact) mass is 554 g/mol. The Balaban J connectivity index is 1.20. The highest BCUT2D eigenvalue weighted by Gasteiger charge is 2.26. The van der Waals surface area contributed by atoms with Crippen LogP contribution in [0, 0.1) is 0 Å². The number of aryl methyl sites for hydroxylation is 1. The van der Waals surface area contributed by atoms with E-state index >= 15 is 0 Å². The molecule has 10 nitrogen and oxygen atoms in total. The first-order valence-corrected chi connectivity index (χ1v) is 13.3. The van der Waals surface area contributed by atoms with E-state index in [-0.39, 0.29) is 11.8 Å². The predicted octanol–water partition coefficient (Wildman–Crippen LogP) is 5.83. The summed E-state index contributed by atoms with van der Waals surface area (Å²) < 4.78 is 7.80. The fourth-order valence-corrected chi connectivity index (χ4v) is 5.25. The van der Waals surface area contributed by atoms with E-state index < -0.39 is 0 Å². The van der Waals surface area contributed by atoms with E-state index in [0.717, 1.165) is 40.8 Å². The Bertz CT molecular complexity index is 1700. The largest absolute Gasteiger partial charge is 0.456 e. The molecule has 11 heteroatoms. The third-order valence-corrected chi connectivity index (χ3v) is 7.35. The number of rotatable bonds is 7. The van der Waals surface area contributed by atoms with Crippen LogP contribution in [0.5, 0.6) is 11.5 Å². The molecule has 0 atom stereocenters. The predicted molar refractivity (Wildman–Crippen MR) is 154 cm³/mol. The Morgan fingerprint density at radius 2 is 2.00 bits per heavy atom. The molecule has 0 bridgehead atoms. The number of H-pyrrole nitrogens is 1. The quantitative estimate of drug-likeness (QED) is 0.243. The number of anilines is 2. The van der Waals surface area contributed by atoms with Crippen LogP contribution in [0.25, 0.3) is 22.4 Å². The Morgan fingerprint density at radius 3 is 2.75 bits per heavy atom. The number of fused-ring (bicyclic) bond motifs is 1. The summed E-state index contributed by atoms with van der Waals surface area (Å²) in [5.41, 5.74) is 4.12. The molecule has 1 aromatic carbocycles. The minimum Gasteiger partial charge on any atom is -0.456 e. The van der Waals surface area contributed by atoms with E-state index in [2.05, 4.69) is 36.9 Å². The minimum absolute atomic E-state index is 0.0232. The number of aromatic nitrogens is 6. The molecule has 40 heavy (non-hydrogen) atoms. The molecule has 4 aromatic heterocycles. The Morgan fingerprint density at radius 1 is 1.15 bits per heavy atom. The molecule has 2 N–H and O–H groups in total. The fourth-order valence-electron chi connectivity index (χ4n) is 5.03. The average Bonchev–Trinajstić information content (AvgIpc) is 3.61. The van der Waals surface area contributed by atoms with Gasteiger partial charge in [-0.3, -0.25) is 14.5 Å². The molecule has 1 amide bonds. The summed E-state index contributed by atoms with van der Waals surface area (Å²) in [6, 6.07) is 11.0. The fraction of sp³-hybridized carbons (Fsp3) is 0.207. The second-order valence-electron chi connectivity index (χ2n) is 9.62. The van der Waals surface area contributed by atoms with E-state index in [1.54, 1.807) is 23.0 Å². The number of amides is 1. The van der Waals surface area contributed by atoms with Crippen LogP contribution in [0.4, 0.5) is 11.5 Å². The van der Waals surface area contributed by atoms with Crippen LogP contribution in [0.1, 0.15) is 24.3 Å². The van der Waals surface area contributed by atoms with Crippen molar-refractivity contribution in [1.29, 1.82) is 0 Å². The van der Waals surface area contributed by atoms with Crippen molar-refractivity contribution in [2.24, 2.45) is 7.05 Å². The van der Waals surface area contributed by atoms with E-state index in [1.165, 1.54) is 12.4 Å². The van der Waals surface area contributed by atoms with Crippen molar-refractivity contribution in [2.45, 2.75) is 18.8 Å². The molecule has 0 radical (unpaired) electrons. The van der Waals surface area contributed by atoms with E-state index in [9.17, 15) is 4.79 Å². The summed E-state index contributed by atoms with van der Waals surface area (Å²) >= 11 is 6.63. The third kappa shape index (κ3) is 5.13. The molecule has 5 heterocycles. The number of nitrogens with one attached hydrogen (secondary N) is 2. The second kappa shape index (κ2) is 10.8. The van der Waals surface area contributed by atoms with Crippen LogP contribution in [0.2, 0.25) is 5.02 Å². The van der Waals surface area contributed by atoms with E-state index in [1.807, 2.05) is 48.6 Å². The second-order valence-corrected chi connectivity index (χ2v) is 10.0. The molecule has 0 spiro atoms. The van der Waals surface area contributed by atoms with Gasteiger partial charge in [0.1, 0.15) is 35.0 Å². The lowest BCUT2D eigenvalue weighted by Gasteiger charge is -2.31. The number of carbonyl (C=O) groups is 1. The van der Waals surface area contributed by atoms with Gasteiger partial charge in [0.15, 0.2) is 0 Å². The van der Waals surface area contributed by atoms with Crippen LogP contribution in [0.15, 0.2) is 74.0 Å². The van der Waals surface area contributed by atoms with Crippen molar-refractivity contribution in [3.05, 3.63) is 84.6 Å². The summed E-state index contributed by atoms with van der Waals surface area (Å²) in [5.74, 6) is 2.06. The van der Waals surface area contributed by atoms with Crippen LogP contribution in [-0.4, -0.2) is 53.6 Å². The number of benzene rings is 1. The van der Waals surface area contributed by atoms with Crippen LogP contribution in [-0.2, 0) is 11.8 Å². The van der Waals surface area contributed by atoms with Crippen molar-refractivity contribution in [2.75, 3.05) is 18.4 Å². The maximum Gasteiger partial charge on any atom is 0.245 e. The number of nitrogens with zero attached hydrogens (tertiary/aromatic N) is 6. The lowest BCUT2D eigenvalue weighted by Crippen LogP contribution is -2.36. The molecule has 5 aromatic rings. The number of ether oxygens (including phenoxy) is 1. The Hall–Kier alpha value is -4.70. The number of pyridine rings is 1. The Labute approximate surface area is 235 Å². The van der Waals surface area contributed by atoms with Crippen molar-refractivity contribution in [1.82, 2.24) is 34.6 Å². The molecule has 1 aliphatic heterocycles. The van der Waals surface area contributed by atoms with Gasteiger partial charge in [-0.05, 0) is 60.7 Å². The standard InChI is InChI=1S/C29H27ClN8O2/c1-3-26(39)38-12-7-18(8-13-38)21-16-32-28-27(21)29(34-17-33-28)35-19-4-5-25(22(30)14-19)40-20-6-10-31-24(15-20)23-9-11-37(2)36-23/h3-6,9-11,14-18H,1,7-8,12-13H2,2H3,(H2,32,33,34,35). The molecule has 1 aliphatic rings. The maximum absolute atomic E-state index is 12.0. The number of hydrogen-bond donors (Lipinski definition) is 2. The topological polar surface area (TPSA) is 114 Å². The van der Waals surface area contributed by atoms with Gasteiger partial charge in [-0.1, -0.05) is 18.2 Å². The van der Waals surface area contributed by atoms with Gasteiger partial charge in [-0.25, -0.2) is 9.97 Å². The van der Waals surface area contributed by atoms with E-state index in [0.29, 0.717) is 41.1 Å². The summed E-state index contributed by atoms with van der Waals surface area (Å²) in [7, 11) is 1.86. The number of carbonyl (C=O) groups excluding carboxylic acids is 1. The molecule has 1 saturated heterocycles. The smallest absolute Gasteiger partial charge is 0.245 e. The van der Waals surface area contributed by atoms with Gasteiger partial charge >= 0.3 is 0 Å². The lowest BCUT2D eigenvalue weighted by atomic mass is 9.89. The first-order chi connectivity index (χ1) is 19.5. The van der Waals surface area contributed by atoms with Gasteiger partial charge < -0.3 is 19.9 Å². The van der Waals surface area contributed by atoms with Crippen molar-refractivity contribution in [3.8, 4) is 22.9 Å². The molecule has 0 unspecified atom stereocenters. The van der Waals surface area contributed by atoms with Gasteiger partial charge in [-0.2, -0.15) is 5.10 Å². The average molecular weight is 555 g/mol. The molecule has 6 rings (SSSR count). The van der Waals surface area contributed by atoms with Crippen molar-refractivity contribution >= 4 is 40.0 Å². The number of aromatic amines is 1. The van der Waals surface area contributed by atoms with Crippen LogP contribution < -0.4 is 10.1 Å². The summed E-state index contributed by atoms with van der Waals surface area (Å²) in [4.78, 5) is 30.5. The van der Waals surface area contributed by atoms with Gasteiger partial charge in [0, 0.05) is 50.5 Å². The van der Waals surface area contributed by atoms with Gasteiger partial charge in [0.2, 0.25) is 5.91 Å². The number of piperidine rings is 1. The highest BCUT2D eigenvalue weighted by atomic mass is 35.5. The van der Waals surface area contributed by atoms with Gasteiger partial charge in [0.25, 0.3) is 0 Å². The molecule has 0 saturated carbocycles. The van der Waals surface area contributed by atoms with Gasteiger partial charge in [-0.15, -0.1) is 0 Å². The molecule has 1 fully saturated rings. The first kappa shape index (κ1) is 25.6. The number of halogens is 1. The zero-order chi connectivity index (χ0) is 27.6. The first-order valence-electron chi connectivity index (χ1n) is 12.9. The summed E-state index contributed by atoms with van der Waals surface area (Å²) in [6.07, 6.45) is 10.2. The molecule has 202 valence electrons.